The molecule has 3 N–H and O–H groups in total. The molecule has 1 atom stereocenters. The monoisotopic (exact) mass is 278 g/mol. The lowest BCUT2D eigenvalue weighted by Gasteiger charge is -2.09. The van der Waals surface area contributed by atoms with Gasteiger partial charge in [-0.15, -0.1) is 0 Å². The lowest BCUT2D eigenvalue weighted by Crippen LogP contribution is -2.37. The number of carbonyl (C=O) groups is 2. The molecule has 20 heavy (non-hydrogen) atoms. The zero-order valence-electron chi connectivity index (χ0n) is 11.8. The Morgan fingerprint density at radius 2 is 1.80 bits per heavy atom. The lowest BCUT2D eigenvalue weighted by atomic mass is 10.1. The maximum atomic E-state index is 11.5. The first kappa shape index (κ1) is 16.0. The van der Waals surface area contributed by atoms with E-state index in [-0.39, 0.29) is 11.9 Å². The Kier molecular flexibility index (Phi) is 7.17. The predicted octanol–water partition coefficient (Wildman–Crippen LogP) is 2.03. The maximum Gasteiger partial charge on any atom is 0.314 e. The van der Waals surface area contributed by atoms with Crippen molar-refractivity contribution in [2.24, 2.45) is 5.92 Å². The molecule has 2 amide bonds. The van der Waals surface area contributed by atoms with E-state index in [4.69, 9.17) is 5.11 Å². The first-order valence-corrected chi connectivity index (χ1v) is 6.88. The first-order chi connectivity index (χ1) is 9.59. The van der Waals surface area contributed by atoms with Crippen molar-refractivity contribution >= 4 is 12.0 Å². The third-order valence-corrected chi connectivity index (χ3v) is 3.06. The highest BCUT2D eigenvalue weighted by Crippen LogP contribution is 2.04. The molecule has 1 rings (SSSR count). The normalized spacial score (nSPS) is 11.7. The minimum atomic E-state index is -0.794. The van der Waals surface area contributed by atoms with Crippen LogP contribution >= 0.6 is 0 Å². The van der Waals surface area contributed by atoms with Crippen LogP contribution in [-0.4, -0.2) is 30.2 Å². The fourth-order valence-electron chi connectivity index (χ4n) is 1.76. The maximum absolute atomic E-state index is 11.5. The summed E-state index contributed by atoms with van der Waals surface area (Å²) in [7, 11) is 0. The van der Waals surface area contributed by atoms with Crippen molar-refractivity contribution in [3.05, 3.63) is 35.9 Å². The number of hydrogen-bond acceptors (Lipinski definition) is 2. The van der Waals surface area contributed by atoms with Gasteiger partial charge in [-0.2, -0.15) is 0 Å². The summed E-state index contributed by atoms with van der Waals surface area (Å²) in [6, 6.07) is 9.74. The number of carboxylic acid groups (broad SMARTS) is 1. The summed E-state index contributed by atoms with van der Waals surface area (Å²) in [5.41, 5.74) is 1.18. The molecule has 1 aromatic rings. The summed E-state index contributed by atoms with van der Waals surface area (Å²) in [6.07, 6.45) is 2.03. The molecule has 0 saturated carbocycles. The van der Waals surface area contributed by atoms with E-state index in [2.05, 4.69) is 10.6 Å². The Bertz CT molecular complexity index is 420. The second-order valence-electron chi connectivity index (χ2n) is 4.80. The molecule has 0 aliphatic carbocycles. The Morgan fingerprint density at radius 3 is 2.45 bits per heavy atom. The fraction of sp³-hybridized carbons (Fsp3) is 0.467. The number of aliphatic carboxylic acids is 1. The van der Waals surface area contributed by atoms with Gasteiger partial charge >= 0.3 is 12.0 Å². The zero-order valence-corrected chi connectivity index (χ0v) is 11.8. The number of carbonyl (C=O) groups excluding carboxylic acids is 1. The summed E-state index contributed by atoms with van der Waals surface area (Å²) in [4.78, 5) is 22.1. The Morgan fingerprint density at radius 1 is 1.15 bits per heavy atom. The highest BCUT2D eigenvalue weighted by molar-refractivity contribution is 5.73. The van der Waals surface area contributed by atoms with E-state index in [9.17, 15) is 9.59 Å². The van der Waals surface area contributed by atoms with Gasteiger partial charge in [0.25, 0.3) is 0 Å². The van der Waals surface area contributed by atoms with E-state index in [1.54, 1.807) is 6.92 Å². The summed E-state index contributed by atoms with van der Waals surface area (Å²) < 4.78 is 0. The quantitative estimate of drug-likeness (QED) is 0.637. The van der Waals surface area contributed by atoms with E-state index >= 15 is 0 Å². The second-order valence-corrected chi connectivity index (χ2v) is 4.80. The largest absolute Gasteiger partial charge is 0.481 e. The smallest absolute Gasteiger partial charge is 0.314 e. The van der Waals surface area contributed by atoms with Gasteiger partial charge in [-0.1, -0.05) is 37.3 Å². The van der Waals surface area contributed by atoms with Gasteiger partial charge in [-0.25, -0.2) is 4.79 Å². The Hall–Kier alpha value is -2.04. The van der Waals surface area contributed by atoms with E-state index < -0.39 is 5.97 Å². The van der Waals surface area contributed by atoms with Crippen molar-refractivity contribution < 1.29 is 14.7 Å². The van der Waals surface area contributed by atoms with Crippen LogP contribution in [0.3, 0.4) is 0 Å². The van der Waals surface area contributed by atoms with Crippen molar-refractivity contribution in [2.75, 3.05) is 13.1 Å². The number of urea groups is 1. The molecule has 0 heterocycles. The summed E-state index contributed by atoms with van der Waals surface area (Å²) in [6.45, 7) is 2.75. The zero-order chi connectivity index (χ0) is 14.8. The van der Waals surface area contributed by atoms with Crippen molar-refractivity contribution in [3.8, 4) is 0 Å². The van der Waals surface area contributed by atoms with E-state index in [0.29, 0.717) is 25.9 Å². The van der Waals surface area contributed by atoms with Crippen molar-refractivity contribution in [3.63, 3.8) is 0 Å². The van der Waals surface area contributed by atoms with Gasteiger partial charge in [-0.05, 0) is 24.8 Å². The van der Waals surface area contributed by atoms with Gasteiger partial charge in [-0.3, -0.25) is 4.79 Å². The van der Waals surface area contributed by atoms with Crippen LogP contribution in [0, 0.1) is 5.92 Å². The van der Waals surface area contributed by atoms with Gasteiger partial charge in [0.1, 0.15) is 0 Å². The van der Waals surface area contributed by atoms with Crippen LogP contribution in [0.1, 0.15) is 25.3 Å². The summed E-state index contributed by atoms with van der Waals surface area (Å²) in [5, 5.41) is 14.2. The van der Waals surface area contributed by atoms with Gasteiger partial charge in [0, 0.05) is 13.1 Å². The fourth-order valence-corrected chi connectivity index (χ4v) is 1.76. The van der Waals surface area contributed by atoms with Crippen molar-refractivity contribution in [2.45, 2.75) is 26.2 Å². The van der Waals surface area contributed by atoms with Crippen LogP contribution in [0.2, 0.25) is 0 Å². The molecule has 1 unspecified atom stereocenters. The van der Waals surface area contributed by atoms with Gasteiger partial charge in [0.05, 0.1) is 5.92 Å². The average Bonchev–Trinajstić information content (AvgIpc) is 2.44. The Labute approximate surface area is 119 Å². The molecule has 110 valence electrons. The van der Waals surface area contributed by atoms with Crippen LogP contribution in [0.15, 0.2) is 30.3 Å². The average molecular weight is 278 g/mol. The molecule has 0 aliphatic rings. The van der Waals surface area contributed by atoms with E-state index in [1.165, 1.54) is 5.56 Å². The van der Waals surface area contributed by atoms with E-state index in [1.807, 2.05) is 30.3 Å². The van der Waals surface area contributed by atoms with Crippen molar-refractivity contribution in [1.82, 2.24) is 10.6 Å². The molecule has 1 aromatic carbocycles. The number of benzene rings is 1. The third kappa shape index (κ3) is 6.78. The molecule has 5 heteroatoms. The molecular weight excluding hydrogens is 256 g/mol. The lowest BCUT2D eigenvalue weighted by molar-refractivity contribution is -0.141. The molecule has 0 bridgehead atoms. The number of carboxylic acids is 1. The number of amides is 2. The number of hydrogen-bond donors (Lipinski definition) is 3. The molecule has 0 saturated heterocycles. The highest BCUT2D eigenvalue weighted by atomic mass is 16.4. The van der Waals surface area contributed by atoms with E-state index in [0.717, 1.165) is 6.42 Å². The van der Waals surface area contributed by atoms with Crippen molar-refractivity contribution in [1.29, 1.82) is 0 Å². The molecule has 0 aromatic heterocycles. The molecule has 0 fully saturated rings. The van der Waals surface area contributed by atoms with Crippen LogP contribution < -0.4 is 10.6 Å². The summed E-state index contributed by atoms with van der Waals surface area (Å²) >= 11 is 0. The molecular formula is C15H22N2O3. The third-order valence-electron chi connectivity index (χ3n) is 3.06. The van der Waals surface area contributed by atoms with Crippen LogP contribution in [-0.2, 0) is 11.2 Å². The van der Waals surface area contributed by atoms with Crippen LogP contribution in [0.5, 0.6) is 0 Å². The second kappa shape index (κ2) is 8.96. The topological polar surface area (TPSA) is 78.4 Å². The van der Waals surface area contributed by atoms with Gasteiger partial charge in [0.15, 0.2) is 0 Å². The molecule has 0 radical (unpaired) electrons. The molecule has 5 nitrogen and oxygen atoms in total. The Balaban J connectivity index is 2.05. The highest BCUT2D eigenvalue weighted by Gasteiger charge is 2.09. The number of rotatable bonds is 8. The van der Waals surface area contributed by atoms with Gasteiger partial charge in [0.2, 0.25) is 0 Å². The van der Waals surface area contributed by atoms with Crippen LogP contribution in [0.25, 0.3) is 0 Å². The minimum Gasteiger partial charge on any atom is -0.481 e. The SMILES string of the molecule is CC(CCCNC(=O)NCCc1ccccc1)C(=O)O. The number of nitrogens with one attached hydrogen (secondary N) is 2. The van der Waals surface area contributed by atoms with Crippen LogP contribution in [0.4, 0.5) is 4.79 Å². The molecule has 0 spiro atoms. The van der Waals surface area contributed by atoms with Gasteiger partial charge < -0.3 is 15.7 Å². The minimum absolute atomic E-state index is 0.205. The molecule has 0 aliphatic heterocycles. The summed E-state index contributed by atoms with van der Waals surface area (Å²) in [5.74, 6) is -1.16. The first-order valence-electron chi connectivity index (χ1n) is 6.88. The standard InChI is InChI=1S/C15H22N2O3/c1-12(14(18)19)6-5-10-16-15(20)17-11-9-13-7-3-2-4-8-13/h2-4,7-8,12H,5-6,9-11H2,1H3,(H,18,19)(H2,16,17,20). The predicted molar refractivity (Wildman–Crippen MR) is 77.6 cm³/mol.